The van der Waals surface area contributed by atoms with E-state index in [0.717, 1.165) is 5.56 Å². The highest BCUT2D eigenvalue weighted by Crippen LogP contribution is 2.30. The van der Waals surface area contributed by atoms with Crippen molar-refractivity contribution in [2.24, 2.45) is 0 Å². The first-order valence-electron chi connectivity index (χ1n) is 10.6. The summed E-state index contributed by atoms with van der Waals surface area (Å²) in [6, 6.07) is 17.3. The molecule has 0 saturated heterocycles. The molecule has 0 bridgehead atoms. The lowest BCUT2D eigenvalue weighted by Gasteiger charge is -2.17. The van der Waals surface area contributed by atoms with E-state index in [4.69, 9.17) is 9.47 Å². The maximum Gasteiger partial charge on any atom is 0.270 e. The Morgan fingerprint density at radius 1 is 1.00 bits per heavy atom. The molecule has 9 heteroatoms. The van der Waals surface area contributed by atoms with E-state index < -0.39 is 16.9 Å². The van der Waals surface area contributed by atoms with Gasteiger partial charge in [-0.15, -0.1) is 0 Å². The number of anilines is 1. The molecule has 3 aromatic rings. The number of methoxy groups -OCH3 is 1. The summed E-state index contributed by atoms with van der Waals surface area (Å²) in [6.45, 7) is 3.56. The van der Waals surface area contributed by atoms with Gasteiger partial charge in [0.15, 0.2) is 0 Å². The van der Waals surface area contributed by atoms with Crippen LogP contribution in [0, 0.1) is 10.1 Å². The number of rotatable bonds is 9. The van der Waals surface area contributed by atoms with Crippen LogP contribution in [-0.2, 0) is 4.79 Å². The second kappa shape index (κ2) is 11.0. The molecule has 34 heavy (non-hydrogen) atoms. The van der Waals surface area contributed by atoms with Gasteiger partial charge in [0.05, 0.1) is 23.6 Å². The van der Waals surface area contributed by atoms with Crippen LogP contribution in [0.3, 0.4) is 0 Å². The smallest absolute Gasteiger partial charge is 0.270 e. The van der Waals surface area contributed by atoms with Crippen LogP contribution < -0.4 is 20.1 Å². The fourth-order valence-electron chi connectivity index (χ4n) is 3.13. The lowest BCUT2D eigenvalue weighted by atomic mass is 10.1. The van der Waals surface area contributed by atoms with E-state index >= 15 is 0 Å². The van der Waals surface area contributed by atoms with Gasteiger partial charge in [0.1, 0.15) is 17.2 Å². The highest BCUT2D eigenvalue weighted by Gasteiger charge is 2.20. The number of amides is 2. The van der Waals surface area contributed by atoms with Crippen molar-refractivity contribution < 1.29 is 24.0 Å². The van der Waals surface area contributed by atoms with Crippen LogP contribution in [-0.4, -0.2) is 23.8 Å². The monoisotopic (exact) mass is 463 g/mol. The third kappa shape index (κ3) is 6.10. The number of nitrogens with one attached hydrogen (secondary N) is 2. The lowest BCUT2D eigenvalue weighted by molar-refractivity contribution is -0.384. The van der Waals surface area contributed by atoms with E-state index in [9.17, 15) is 19.7 Å². The van der Waals surface area contributed by atoms with Crippen molar-refractivity contribution in [3.05, 3.63) is 88.0 Å². The Hall–Kier alpha value is -4.40. The molecule has 0 fully saturated rings. The molecule has 3 rings (SSSR count). The minimum Gasteiger partial charge on any atom is -0.497 e. The largest absolute Gasteiger partial charge is 0.497 e. The Labute approximate surface area is 196 Å². The second-order valence-electron chi connectivity index (χ2n) is 7.43. The number of ether oxygens (including phenoxy) is 2. The second-order valence-corrected chi connectivity index (χ2v) is 7.43. The topological polar surface area (TPSA) is 120 Å². The number of hydrogen-bond acceptors (Lipinski definition) is 6. The summed E-state index contributed by atoms with van der Waals surface area (Å²) < 4.78 is 11.0. The van der Waals surface area contributed by atoms with Crippen molar-refractivity contribution in [2.75, 3.05) is 12.4 Å². The van der Waals surface area contributed by atoms with E-state index in [2.05, 4.69) is 10.6 Å². The van der Waals surface area contributed by atoms with Gasteiger partial charge in [0.2, 0.25) is 5.91 Å². The summed E-state index contributed by atoms with van der Waals surface area (Å²) >= 11 is 0. The van der Waals surface area contributed by atoms with Gasteiger partial charge in [0.25, 0.3) is 11.6 Å². The van der Waals surface area contributed by atoms with Crippen molar-refractivity contribution in [2.45, 2.75) is 26.3 Å². The summed E-state index contributed by atoms with van der Waals surface area (Å²) in [5.41, 5.74) is 1.26. The molecule has 0 aromatic heterocycles. The zero-order valence-electron chi connectivity index (χ0n) is 19.0. The number of nitrogens with zero attached hydrogens (tertiary/aromatic N) is 1. The quantitative estimate of drug-likeness (QED) is 0.331. The number of nitro benzene ring substituents is 1. The molecule has 0 saturated carbocycles. The van der Waals surface area contributed by atoms with Gasteiger partial charge in [-0.25, -0.2) is 0 Å². The standard InChI is InChI=1S/C25H25N3O6/c1-4-24(29)27-18-7-5-17(6-8-18)16(2)26-25(30)22-15-19(28(31)32)9-14-23(22)34-21-12-10-20(33-3)11-13-21/h5-16H,4H2,1-3H3,(H,26,30)(H,27,29). The Balaban J connectivity index is 1.80. The van der Waals surface area contributed by atoms with Gasteiger partial charge in [0, 0.05) is 24.2 Å². The molecule has 0 aliphatic carbocycles. The maximum atomic E-state index is 13.1. The summed E-state index contributed by atoms with van der Waals surface area (Å²) in [5.74, 6) is 0.648. The molecule has 2 amide bonds. The molecule has 0 aliphatic rings. The van der Waals surface area contributed by atoms with Crippen LogP contribution in [0.1, 0.15) is 42.2 Å². The molecule has 1 atom stereocenters. The Morgan fingerprint density at radius 3 is 2.24 bits per heavy atom. The van der Waals surface area contributed by atoms with Gasteiger partial charge < -0.3 is 20.1 Å². The first-order chi connectivity index (χ1) is 16.3. The van der Waals surface area contributed by atoms with Crippen LogP contribution in [0.2, 0.25) is 0 Å². The summed E-state index contributed by atoms with van der Waals surface area (Å²) in [7, 11) is 1.55. The van der Waals surface area contributed by atoms with Gasteiger partial charge in [-0.1, -0.05) is 19.1 Å². The Morgan fingerprint density at radius 2 is 1.65 bits per heavy atom. The molecule has 176 valence electrons. The summed E-state index contributed by atoms with van der Waals surface area (Å²) in [4.78, 5) is 35.3. The first-order valence-corrected chi connectivity index (χ1v) is 10.6. The zero-order chi connectivity index (χ0) is 24.7. The van der Waals surface area contributed by atoms with E-state index in [1.165, 1.54) is 18.2 Å². The van der Waals surface area contributed by atoms with Gasteiger partial charge in [-0.3, -0.25) is 19.7 Å². The van der Waals surface area contributed by atoms with E-state index in [1.807, 2.05) is 0 Å². The minimum atomic E-state index is -0.569. The number of hydrogen-bond donors (Lipinski definition) is 2. The molecule has 0 aliphatic heterocycles. The highest BCUT2D eigenvalue weighted by molar-refractivity contribution is 5.98. The molecule has 2 N–H and O–H groups in total. The minimum absolute atomic E-state index is 0.0312. The number of carbonyl (C=O) groups is 2. The van der Waals surface area contributed by atoms with Crippen molar-refractivity contribution in [1.82, 2.24) is 5.32 Å². The van der Waals surface area contributed by atoms with E-state index in [-0.39, 0.29) is 22.9 Å². The molecule has 0 radical (unpaired) electrons. The number of non-ortho nitro benzene ring substituents is 1. The fraction of sp³-hybridized carbons (Fsp3) is 0.200. The van der Waals surface area contributed by atoms with E-state index in [1.54, 1.807) is 69.5 Å². The number of nitro groups is 1. The van der Waals surface area contributed by atoms with Crippen LogP contribution in [0.5, 0.6) is 17.2 Å². The van der Waals surface area contributed by atoms with Gasteiger partial charge >= 0.3 is 0 Å². The average molecular weight is 463 g/mol. The molecular formula is C25H25N3O6. The predicted molar refractivity (Wildman–Crippen MR) is 127 cm³/mol. The normalized spacial score (nSPS) is 11.3. The molecule has 9 nitrogen and oxygen atoms in total. The molecule has 3 aromatic carbocycles. The van der Waals surface area contributed by atoms with Crippen molar-refractivity contribution in [3.63, 3.8) is 0 Å². The van der Waals surface area contributed by atoms with E-state index in [0.29, 0.717) is 23.6 Å². The lowest BCUT2D eigenvalue weighted by Crippen LogP contribution is -2.27. The average Bonchev–Trinajstić information content (AvgIpc) is 2.84. The number of benzene rings is 3. The summed E-state index contributed by atoms with van der Waals surface area (Å²) in [5, 5.41) is 16.9. The van der Waals surface area contributed by atoms with Gasteiger partial charge in [-0.2, -0.15) is 0 Å². The third-order valence-electron chi connectivity index (χ3n) is 5.07. The Kier molecular flexibility index (Phi) is 7.81. The van der Waals surface area contributed by atoms with Crippen molar-refractivity contribution >= 4 is 23.2 Å². The summed E-state index contributed by atoms with van der Waals surface area (Å²) in [6.07, 6.45) is 0.373. The molecular weight excluding hydrogens is 438 g/mol. The third-order valence-corrected chi connectivity index (χ3v) is 5.07. The van der Waals surface area contributed by atoms with Crippen LogP contribution in [0.15, 0.2) is 66.7 Å². The van der Waals surface area contributed by atoms with Gasteiger partial charge in [-0.05, 0) is 55.0 Å². The predicted octanol–water partition coefficient (Wildman–Crippen LogP) is 5.24. The molecule has 0 spiro atoms. The number of carbonyl (C=O) groups excluding carboxylic acids is 2. The molecule has 0 heterocycles. The van der Waals surface area contributed by atoms with Crippen LogP contribution >= 0.6 is 0 Å². The molecule has 1 unspecified atom stereocenters. The fourth-order valence-corrected chi connectivity index (χ4v) is 3.13. The van der Waals surface area contributed by atoms with Crippen molar-refractivity contribution in [1.29, 1.82) is 0 Å². The SMILES string of the molecule is CCC(=O)Nc1ccc(C(C)NC(=O)c2cc([N+](=O)[O-])ccc2Oc2ccc(OC)cc2)cc1. The van der Waals surface area contributed by atoms with Crippen LogP contribution in [0.25, 0.3) is 0 Å². The van der Waals surface area contributed by atoms with Crippen LogP contribution in [0.4, 0.5) is 11.4 Å². The first kappa shape index (κ1) is 24.2. The highest BCUT2D eigenvalue weighted by atomic mass is 16.6. The van der Waals surface area contributed by atoms with Crippen molar-refractivity contribution in [3.8, 4) is 17.2 Å². The Bertz CT molecular complexity index is 1180. The maximum absolute atomic E-state index is 13.1. The zero-order valence-corrected chi connectivity index (χ0v) is 19.0.